The average molecular weight is 685 g/mol. The van der Waals surface area contributed by atoms with Crippen LogP contribution in [0.3, 0.4) is 0 Å². The first-order valence-corrected chi connectivity index (χ1v) is 18.4. The number of aliphatic hydroxyl groups is 1. The second-order valence-corrected chi connectivity index (χ2v) is 14.9. The van der Waals surface area contributed by atoms with Gasteiger partial charge in [-0.2, -0.15) is 0 Å². The number of benzene rings is 1. The molecule has 48 heavy (non-hydrogen) atoms. The van der Waals surface area contributed by atoms with E-state index < -0.39 is 18.6 Å². The van der Waals surface area contributed by atoms with Crippen molar-refractivity contribution in [1.29, 1.82) is 0 Å². The van der Waals surface area contributed by atoms with E-state index in [9.17, 15) is 19.5 Å². The molecule has 4 aromatic rings. The Morgan fingerprint density at radius 1 is 0.979 bits per heavy atom. The van der Waals surface area contributed by atoms with Crippen molar-refractivity contribution in [1.82, 2.24) is 25.1 Å². The summed E-state index contributed by atoms with van der Waals surface area (Å²) in [6.07, 6.45) is 8.27. The monoisotopic (exact) mass is 684 g/mol. The normalized spacial score (nSPS) is 20.1. The van der Waals surface area contributed by atoms with E-state index in [1.54, 1.807) is 34.5 Å². The van der Waals surface area contributed by atoms with Gasteiger partial charge in [0.05, 0.1) is 33.4 Å². The van der Waals surface area contributed by atoms with E-state index in [1.807, 2.05) is 31.1 Å². The number of aliphatic hydroxyl groups excluding tert-OH is 1. The van der Waals surface area contributed by atoms with Gasteiger partial charge in [-0.15, -0.1) is 22.7 Å². The summed E-state index contributed by atoms with van der Waals surface area (Å²) in [5, 5.41) is 16.4. The van der Waals surface area contributed by atoms with E-state index in [1.165, 1.54) is 26.1 Å². The topological polar surface area (TPSA) is 131 Å². The zero-order valence-corrected chi connectivity index (χ0v) is 29.0. The lowest BCUT2D eigenvalue weighted by molar-refractivity contribution is -0.139. The van der Waals surface area contributed by atoms with E-state index in [-0.39, 0.29) is 29.8 Å². The summed E-state index contributed by atoms with van der Waals surface area (Å²) in [4.78, 5) is 54.2. The molecule has 0 bridgehead atoms. The SMILES string of the molecule is CC(=O)N1CCCC1C1=NC=C(c2csc3c(-c4ccc(-c5cnc(C6CCCN6C(=O)[C@@H](NC(=O)CO)C(C)C)[nH]5)cc4)csc23)C1. The number of hydrogen-bond donors (Lipinski definition) is 3. The maximum Gasteiger partial charge on any atom is 0.246 e. The van der Waals surface area contributed by atoms with Gasteiger partial charge in [-0.25, -0.2) is 4.98 Å². The second-order valence-electron chi connectivity index (χ2n) is 13.2. The van der Waals surface area contributed by atoms with E-state index in [0.29, 0.717) is 6.54 Å². The molecule has 0 saturated carbocycles. The summed E-state index contributed by atoms with van der Waals surface area (Å²) in [6, 6.07) is 7.71. The Morgan fingerprint density at radius 2 is 1.65 bits per heavy atom. The van der Waals surface area contributed by atoms with Crippen LogP contribution in [-0.4, -0.2) is 80.1 Å². The number of amides is 3. The number of thiophene rings is 2. The predicted octanol–water partition coefficient (Wildman–Crippen LogP) is 6.01. The van der Waals surface area contributed by atoms with Crippen LogP contribution in [0.5, 0.6) is 0 Å². The van der Waals surface area contributed by atoms with Crippen LogP contribution in [0.15, 0.2) is 52.4 Å². The van der Waals surface area contributed by atoms with Crippen LogP contribution in [0.2, 0.25) is 0 Å². The molecule has 2 saturated heterocycles. The molecule has 3 N–H and O–H groups in total. The smallest absolute Gasteiger partial charge is 0.246 e. The van der Waals surface area contributed by atoms with Crippen molar-refractivity contribution in [3.8, 4) is 22.4 Å². The molecule has 2 fully saturated rings. The van der Waals surface area contributed by atoms with Crippen molar-refractivity contribution in [3.05, 3.63) is 58.8 Å². The minimum absolute atomic E-state index is 0.117. The van der Waals surface area contributed by atoms with Gasteiger partial charge < -0.3 is 25.2 Å². The molecule has 10 nitrogen and oxygen atoms in total. The lowest BCUT2D eigenvalue weighted by Gasteiger charge is -2.30. The van der Waals surface area contributed by atoms with Gasteiger partial charge in [-0.05, 0) is 48.3 Å². The zero-order chi connectivity index (χ0) is 33.5. The van der Waals surface area contributed by atoms with E-state index in [0.717, 1.165) is 67.0 Å². The summed E-state index contributed by atoms with van der Waals surface area (Å²) in [6.45, 7) is 6.19. The Bertz CT molecular complexity index is 1920. The molecular formula is C36H40N6O4S2. The molecule has 3 aliphatic heterocycles. The third-order valence-corrected chi connectivity index (χ3v) is 11.9. The first-order chi connectivity index (χ1) is 23.2. The molecule has 7 rings (SSSR count). The molecule has 0 spiro atoms. The minimum Gasteiger partial charge on any atom is -0.387 e. The number of imidazole rings is 1. The van der Waals surface area contributed by atoms with Gasteiger partial charge in [0.1, 0.15) is 18.5 Å². The van der Waals surface area contributed by atoms with Gasteiger partial charge in [-0.1, -0.05) is 38.1 Å². The fraction of sp³-hybridized carbons (Fsp3) is 0.417. The molecule has 3 amide bonds. The number of aromatic amines is 1. The van der Waals surface area contributed by atoms with Crippen molar-refractivity contribution >= 4 is 61.1 Å². The molecular weight excluding hydrogens is 645 g/mol. The van der Waals surface area contributed by atoms with Gasteiger partial charge in [-0.3, -0.25) is 19.4 Å². The molecule has 1 aromatic carbocycles. The number of carbonyl (C=O) groups is 3. The summed E-state index contributed by atoms with van der Waals surface area (Å²) in [5.41, 5.74) is 7.83. The van der Waals surface area contributed by atoms with Gasteiger partial charge in [0, 0.05) is 60.2 Å². The van der Waals surface area contributed by atoms with Crippen molar-refractivity contribution in [2.24, 2.45) is 10.9 Å². The quantitative estimate of drug-likeness (QED) is 0.199. The van der Waals surface area contributed by atoms with Crippen molar-refractivity contribution < 1.29 is 19.5 Å². The molecule has 3 aliphatic rings. The number of rotatable bonds is 9. The maximum absolute atomic E-state index is 13.5. The Kier molecular flexibility index (Phi) is 9.06. The van der Waals surface area contributed by atoms with Crippen LogP contribution in [0.4, 0.5) is 0 Å². The average Bonchev–Trinajstić information content (AvgIpc) is 3.91. The Labute approximate surface area is 287 Å². The Hall–Kier alpha value is -4.13. The summed E-state index contributed by atoms with van der Waals surface area (Å²) >= 11 is 3.53. The van der Waals surface area contributed by atoms with E-state index >= 15 is 0 Å². The number of nitrogens with one attached hydrogen (secondary N) is 2. The standard InChI is InChI=1S/C36H40N6O4S2/c1-20(2)32(40-31(45)17-43)36(46)42-13-5-7-30(42)35-38-16-28(39-35)23-10-8-22(9-11-23)25-18-47-34-26(19-48-33(25)34)24-14-27(37-15-24)29-6-4-12-41(29)21(3)44/h8-11,15-16,18-20,29-30,32,43H,4-7,12-14,17H2,1-3H3,(H,38,39)(H,40,45)/t29?,30?,32-/m0/s1. The number of likely N-dealkylation sites (tertiary alicyclic amines) is 2. The first-order valence-electron chi connectivity index (χ1n) is 16.6. The third kappa shape index (κ3) is 6.01. The summed E-state index contributed by atoms with van der Waals surface area (Å²) in [7, 11) is 0. The van der Waals surface area contributed by atoms with Gasteiger partial charge >= 0.3 is 0 Å². The fourth-order valence-corrected chi connectivity index (χ4v) is 9.74. The number of H-pyrrole nitrogens is 1. The molecule has 6 heterocycles. The number of hydrogen-bond acceptors (Lipinski definition) is 8. The van der Waals surface area contributed by atoms with Crippen LogP contribution in [0.25, 0.3) is 37.4 Å². The lowest BCUT2D eigenvalue weighted by Crippen LogP contribution is -2.51. The number of allylic oxidation sites excluding steroid dienone is 1. The van der Waals surface area contributed by atoms with Crippen LogP contribution in [-0.2, 0) is 14.4 Å². The van der Waals surface area contributed by atoms with Crippen molar-refractivity contribution in [2.75, 3.05) is 19.7 Å². The van der Waals surface area contributed by atoms with E-state index in [2.05, 4.69) is 50.3 Å². The number of carbonyl (C=O) groups excluding carboxylic acids is 3. The molecule has 3 aromatic heterocycles. The third-order valence-electron chi connectivity index (χ3n) is 9.78. The van der Waals surface area contributed by atoms with Gasteiger partial charge in [0.25, 0.3) is 0 Å². The number of aliphatic imine (C=N–C) groups is 1. The number of aromatic nitrogens is 2. The highest BCUT2D eigenvalue weighted by Crippen LogP contribution is 2.44. The number of fused-ring (bicyclic) bond motifs is 1. The Morgan fingerprint density at radius 3 is 2.35 bits per heavy atom. The predicted molar refractivity (Wildman–Crippen MR) is 191 cm³/mol. The van der Waals surface area contributed by atoms with E-state index in [4.69, 9.17) is 4.99 Å². The fourth-order valence-electron chi connectivity index (χ4n) is 7.26. The Balaban J connectivity index is 1.05. The van der Waals surface area contributed by atoms with Crippen LogP contribution in [0, 0.1) is 5.92 Å². The second kappa shape index (κ2) is 13.4. The molecule has 12 heteroatoms. The largest absolute Gasteiger partial charge is 0.387 e. The first kappa shape index (κ1) is 32.4. The van der Waals surface area contributed by atoms with Crippen LogP contribution in [0.1, 0.15) is 70.3 Å². The molecule has 2 unspecified atom stereocenters. The van der Waals surface area contributed by atoms with Gasteiger partial charge in [0.2, 0.25) is 17.7 Å². The van der Waals surface area contributed by atoms with Crippen LogP contribution < -0.4 is 5.32 Å². The lowest BCUT2D eigenvalue weighted by atomic mass is 9.99. The van der Waals surface area contributed by atoms with Gasteiger partial charge in [0.15, 0.2) is 0 Å². The zero-order valence-electron chi connectivity index (χ0n) is 27.4. The van der Waals surface area contributed by atoms with Crippen molar-refractivity contribution in [3.63, 3.8) is 0 Å². The summed E-state index contributed by atoms with van der Waals surface area (Å²) < 4.78 is 2.55. The number of nitrogens with zero attached hydrogens (tertiary/aromatic N) is 4. The molecule has 0 radical (unpaired) electrons. The highest BCUT2D eigenvalue weighted by molar-refractivity contribution is 7.27. The molecule has 250 valence electrons. The van der Waals surface area contributed by atoms with Crippen LogP contribution >= 0.6 is 22.7 Å². The molecule has 3 atom stereocenters. The van der Waals surface area contributed by atoms with Crippen molar-refractivity contribution in [2.45, 2.75) is 71.0 Å². The highest BCUT2D eigenvalue weighted by Gasteiger charge is 2.37. The molecule has 0 aliphatic carbocycles. The summed E-state index contributed by atoms with van der Waals surface area (Å²) in [5.74, 6) is 0.0386. The highest BCUT2D eigenvalue weighted by atomic mass is 32.1. The minimum atomic E-state index is -0.702. The maximum atomic E-state index is 13.5.